The third-order valence-electron chi connectivity index (χ3n) is 3.39. The van der Waals surface area contributed by atoms with Crippen molar-refractivity contribution in [2.24, 2.45) is 0 Å². The van der Waals surface area contributed by atoms with Crippen LogP contribution in [0, 0.1) is 29.1 Å². The van der Waals surface area contributed by atoms with Gasteiger partial charge in [0.1, 0.15) is 22.2 Å². The fourth-order valence-corrected chi connectivity index (χ4v) is 2.26. The van der Waals surface area contributed by atoms with E-state index >= 15 is 0 Å². The molecule has 0 radical (unpaired) electrons. The molecule has 28 heavy (non-hydrogen) atoms. The zero-order valence-corrected chi connectivity index (χ0v) is 14.8. The largest absolute Gasteiger partial charge is 0.462 e. The Morgan fingerprint density at radius 3 is 2.36 bits per heavy atom. The Morgan fingerprint density at radius 2 is 1.75 bits per heavy atom. The molecule has 0 amide bonds. The first kappa shape index (κ1) is 21.4. The van der Waals surface area contributed by atoms with Crippen molar-refractivity contribution in [1.82, 2.24) is 0 Å². The maximum absolute atomic E-state index is 14.1. The molecule has 0 saturated carbocycles. The van der Waals surface area contributed by atoms with Gasteiger partial charge < -0.3 is 10.1 Å². The zero-order valence-electron chi connectivity index (χ0n) is 14.1. The number of hydrogen-bond acceptors (Lipinski definition) is 4. The third-order valence-corrected chi connectivity index (χ3v) is 3.72. The fraction of sp³-hybridized carbons (Fsp3) is 0.111. The summed E-state index contributed by atoms with van der Waals surface area (Å²) in [7, 11) is 0. The van der Waals surface area contributed by atoms with Gasteiger partial charge in [0.05, 0.1) is 17.9 Å². The highest BCUT2D eigenvalue weighted by Gasteiger charge is 2.28. The van der Waals surface area contributed by atoms with Crippen LogP contribution in [0.3, 0.4) is 0 Å². The van der Waals surface area contributed by atoms with Gasteiger partial charge in [0.25, 0.3) is 0 Å². The van der Waals surface area contributed by atoms with Crippen molar-refractivity contribution in [3.63, 3.8) is 0 Å². The van der Waals surface area contributed by atoms with Gasteiger partial charge in [-0.1, -0.05) is 11.6 Å². The molecular weight excluding hydrogens is 409 g/mol. The van der Waals surface area contributed by atoms with Crippen LogP contribution in [0.5, 0.6) is 0 Å². The molecule has 2 aromatic carbocycles. The topological polar surface area (TPSA) is 55.4 Å². The van der Waals surface area contributed by atoms with Crippen LogP contribution in [0.2, 0.25) is 5.02 Å². The van der Waals surface area contributed by atoms with Crippen molar-refractivity contribution in [3.05, 3.63) is 75.7 Å². The number of benzene rings is 2. The molecule has 148 valence electrons. The SMILES string of the molecule is CCOC(=O)/C(=C\Nc1ccc(F)cc1F)C(=O)c1cc(F)c(F)c(Cl)c1F. The maximum atomic E-state index is 14.1. The van der Waals surface area contributed by atoms with E-state index in [1.165, 1.54) is 6.92 Å². The molecule has 0 spiro atoms. The molecule has 2 aromatic rings. The summed E-state index contributed by atoms with van der Waals surface area (Å²) in [6.45, 7) is 1.25. The highest BCUT2D eigenvalue weighted by molar-refractivity contribution is 6.32. The first-order valence-corrected chi connectivity index (χ1v) is 8.01. The smallest absolute Gasteiger partial charge is 0.343 e. The lowest BCUT2D eigenvalue weighted by atomic mass is 10.0. The third kappa shape index (κ3) is 4.48. The van der Waals surface area contributed by atoms with Gasteiger partial charge in [0.15, 0.2) is 17.5 Å². The Hall–Kier alpha value is -2.94. The van der Waals surface area contributed by atoms with Crippen LogP contribution in [0.25, 0.3) is 0 Å². The first-order chi connectivity index (χ1) is 13.2. The molecular formula is C18H11ClF5NO3. The Labute approximate surface area is 160 Å². The molecule has 1 N–H and O–H groups in total. The summed E-state index contributed by atoms with van der Waals surface area (Å²) in [4.78, 5) is 24.5. The molecule has 0 aliphatic carbocycles. The van der Waals surface area contributed by atoms with E-state index in [1.807, 2.05) is 0 Å². The standard InChI is InChI=1S/C18H11ClF5NO3/c1-2-28-18(27)10(7-25-13-4-3-8(20)5-11(13)21)17(26)9-6-12(22)16(24)14(19)15(9)23/h3-7,25H,2H2,1H3/b10-7-. The molecule has 0 bridgehead atoms. The number of esters is 1. The second-order valence-electron chi connectivity index (χ2n) is 5.22. The molecule has 2 rings (SSSR count). The summed E-state index contributed by atoms with van der Waals surface area (Å²) in [5, 5.41) is 0.968. The molecule has 0 fully saturated rings. The van der Waals surface area contributed by atoms with Crippen molar-refractivity contribution in [3.8, 4) is 0 Å². The minimum atomic E-state index is -1.70. The molecule has 0 aliphatic rings. The Bertz CT molecular complexity index is 978. The van der Waals surface area contributed by atoms with E-state index in [1.54, 1.807) is 0 Å². The predicted octanol–water partition coefficient (Wildman–Crippen LogP) is 4.78. The number of carbonyl (C=O) groups is 2. The minimum Gasteiger partial charge on any atom is -0.462 e. The highest BCUT2D eigenvalue weighted by Crippen LogP contribution is 2.27. The zero-order chi connectivity index (χ0) is 21.0. The van der Waals surface area contributed by atoms with Gasteiger partial charge in [-0.15, -0.1) is 0 Å². The number of carbonyl (C=O) groups excluding carboxylic acids is 2. The lowest BCUT2D eigenvalue weighted by Gasteiger charge is -2.10. The van der Waals surface area contributed by atoms with E-state index in [4.69, 9.17) is 11.6 Å². The molecule has 10 heteroatoms. The van der Waals surface area contributed by atoms with Crippen molar-refractivity contribution in [2.45, 2.75) is 6.92 Å². The minimum absolute atomic E-state index is 0.171. The summed E-state index contributed by atoms with van der Waals surface area (Å²) in [6.07, 6.45) is 0.672. The van der Waals surface area contributed by atoms with Crippen molar-refractivity contribution in [1.29, 1.82) is 0 Å². The summed E-state index contributed by atoms with van der Waals surface area (Å²) in [5.41, 5.74) is -2.21. The van der Waals surface area contributed by atoms with E-state index in [0.29, 0.717) is 12.3 Å². The van der Waals surface area contributed by atoms with E-state index in [2.05, 4.69) is 10.1 Å². The average molecular weight is 420 g/mol. The van der Waals surface area contributed by atoms with Crippen LogP contribution in [-0.4, -0.2) is 18.4 Å². The monoisotopic (exact) mass is 419 g/mol. The number of ketones is 1. The van der Waals surface area contributed by atoms with E-state index < -0.39 is 57.0 Å². The quantitative estimate of drug-likeness (QED) is 0.107. The molecule has 0 aromatic heterocycles. The van der Waals surface area contributed by atoms with Crippen molar-refractivity contribution >= 4 is 29.0 Å². The van der Waals surface area contributed by atoms with Crippen LogP contribution in [0.4, 0.5) is 27.6 Å². The lowest BCUT2D eigenvalue weighted by Crippen LogP contribution is -2.19. The molecule has 0 heterocycles. The van der Waals surface area contributed by atoms with Gasteiger partial charge in [-0.3, -0.25) is 4.79 Å². The molecule has 0 unspecified atom stereocenters. The Morgan fingerprint density at radius 1 is 1.07 bits per heavy atom. The summed E-state index contributed by atoms with van der Waals surface area (Å²) in [6, 6.07) is 2.64. The molecule has 0 saturated heterocycles. The molecule has 4 nitrogen and oxygen atoms in total. The van der Waals surface area contributed by atoms with Gasteiger partial charge >= 0.3 is 5.97 Å². The normalized spacial score (nSPS) is 11.3. The second-order valence-corrected chi connectivity index (χ2v) is 5.60. The van der Waals surface area contributed by atoms with Crippen LogP contribution >= 0.6 is 11.6 Å². The summed E-state index contributed by atoms with van der Waals surface area (Å²) in [5.74, 6) is -9.47. The van der Waals surface area contributed by atoms with Gasteiger partial charge in [0.2, 0.25) is 5.78 Å². The van der Waals surface area contributed by atoms with Gasteiger partial charge in [0, 0.05) is 12.3 Å². The number of ether oxygens (including phenoxy) is 1. The molecule has 0 atom stereocenters. The summed E-state index contributed by atoms with van der Waals surface area (Å²) < 4.78 is 72.2. The number of hydrogen-bond donors (Lipinski definition) is 1. The van der Waals surface area contributed by atoms with Crippen molar-refractivity contribution < 1.29 is 36.3 Å². The van der Waals surface area contributed by atoms with E-state index in [0.717, 1.165) is 12.1 Å². The second kappa shape index (κ2) is 8.83. The Kier molecular flexibility index (Phi) is 6.74. The van der Waals surface area contributed by atoms with Gasteiger partial charge in [-0.2, -0.15) is 0 Å². The number of halogens is 6. The number of Topliss-reactive ketones (excluding diaryl/α,β-unsaturated/α-hetero) is 1. The van der Waals surface area contributed by atoms with Crippen LogP contribution in [-0.2, 0) is 9.53 Å². The van der Waals surface area contributed by atoms with Crippen LogP contribution in [0.1, 0.15) is 17.3 Å². The number of rotatable bonds is 6. The number of nitrogens with one attached hydrogen (secondary N) is 1. The van der Waals surface area contributed by atoms with Crippen LogP contribution in [0.15, 0.2) is 36.0 Å². The van der Waals surface area contributed by atoms with Crippen molar-refractivity contribution in [2.75, 3.05) is 11.9 Å². The van der Waals surface area contributed by atoms with Gasteiger partial charge in [-0.25, -0.2) is 26.7 Å². The maximum Gasteiger partial charge on any atom is 0.343 e. The van der Waals surface area contributed by atoms with Crippen LogP contribution < -0.4 is 5.32 Å². The first-order valence-electron chi connectivity index (χ1n) is 7.63. The molecule has 0 aliphatic heterocycles. The fourth-order valence-electron chi connectivity index (χ4n) is 2.07. The Balaban J connectivity index is 2.49. The predicted molar refractivity (Wildman–Crippen MR) is 90.4 cm³/mol. The van der Waals surface area contributed by atoms with E-state index in [9.17, 15) is 31.5 Å². The summed E-state index contributed by atoms with van der Waals surface area (Å²) >= 11 is 5.31. The highest BCUT2D eigenvalue weighted by atomic mass is 35.5. The lowest BCUT2D eigenvalue weighted by molar-refractivity contribution is -0.138. The van der Waals surface area contributed by atoms with Gasteiger partial charge in [-0.05, 0) is 25.1 Å². The average Bonchev–Trinajstić information content (AvgIpc) is 2.64. The number of anilines is 1. The van der Waals surface area contributed by atoms with E-state index in [-0.39, 0.29) is 18.4 Å².